The van der Waals surface area contributed by atoms with Crippen molar-refractivity contribution in [2.45, 2.75) is 19.3 Å². The van der Waals surface area contributed by atoms with Crippen molar-refractivity contribution in [3.8, 4) is 0 Å². The summed E-state index contributed by atoms with van der Waals surface area (Å²) in [6.45, 7) is 1.43. The summed E-state index contributed by atoms with van der Waals surface area (Å²) in [5.74, 6) is 0.274. The maximum absolute atomic E-state index is 12.2. The van der Waals surface area contributed by atoms with Crippen molar-refractivity contribution in [3.05, 3.63) is 47.9 Å². The summed E-state index contributed by atoms with van der Waals surface area (Å²) < 4.78 is 0. The third kappa shape index (κ3) is 5.04. The van der Waals surface area contributed by atoms with Gasteiger partial charge in [-0.3, -0.25) is 0 Å². The summed E-state index contributed by atoms with van der Waals surface area (Å²) >= 11 is 0. The quantitative estimate of drug-likeness (QED) is 0.435. The molecule has 0 atom stereocenters. The first-order chi connectivity index (χ1) is 11.1. The van der Waals surface area contributed by atoms with Gasteiger partial charge < -0.3 is 0 Å². The van der Waals surface area contributed by atoms with Gasteiger partial charge in [0, 0.05) is 0 Å². The third-order valence-electron chi connectivity index (χ3n) is 3.99. The number of aliphatic hydroxyl groups is 2. The van der Waals surface area contributed by atoms with E-state index in [4.69, 9.17) is 5.11 Å². The van der Waals surface area contributed by atoms with E-state index in [1.165, 1.54) is 0 Å². The second-order valence-electron chi connectivity index (χ2n) is 5.61. The molecule has 120 valence electrons. The van der Waals surface area contributed by atoms with Gasteiger partial charge in [-0.05, 0) is 0 Å². The van der Waals surface area contributed by atoms with Crippen LogP contribution in [0.3, 0.4) is 0 Å². The average Bonchev–Trinajstić information content (AvgIpc) is 2.55. The molecule has 23 heavy (non-hydrogen) atoms. The van der Waals surface area contributed by atoms with Crippen LogP contribution in [0.5, 0.6) is 0 Å². The molecule has 1 fully saturated rings. The molecule has 0 saturated carbocycles. The molecule has 3 N–H and O–H groups in total. The van der Waals surface area contributed by atoms with Crippen LogP contribution in [0.1, 0.15) is 24.8 Å². The zero-order valence-electron chi connectivity index (χ0n) is 13.0. The van der Waals surface area contributed by atoms with E-state index in [9.17, 15) is 9.90 Å². The Bertz CT molecular complexity index is 616. The average molecular weight is 312 g/mol. The number of nitrogens with one attached hydrogen (secondary N) is 1. The first-order valence-electron chi connectivity index (χ1n) is 7.67. The number of amides is 1. The third-order valence-corrected chi connectivity index (χ3v) is 3.99. The fourth-order valence-corrected chi connectivity index (χ4v) is 2.71. The number of aliphatic hydroxyl groups excluding tert-OH is 2. The number of hydrogen-bond donors (Lipinski definition) is 3. The first-order valence-corrected chi connectivity index (χ1v) is 7.67. The van der Waals surface area contributed by atoms with E-state index in [0.29, 0.717) is 25.2 Å². The second kappa shape index (κ2) is 8.25. The van der Waals surface area contributed by atoms with Crippen molar-refractivity contribution in [1.29, 1.82) is 0 Å². The van der Waals surface area contributed by atoms with Crippen molar-refractivity contribution in [2.24, 2.45) is 5.92 Å². The Morgan fingerprint density at radius 1 is 1.35 bits per heavy atom. The molecule has 0 aliphatic carbocycles. The van der Waals surface area contributed by atoms with Crippen LogP contribution in [0.25, 0.3) is 5.70 Å². The van der Waals surface area contributed by atoms with Gasteiger partial charge in [0.25, 0.3) is 0 Å². The topological polar surface area (TPSA) is 72.8 Å². The Balaban J connectivity index is 1.91. The molecular weight excluding hydrogens is 291 g/mol. The SMILES string of the molecule is B=C(O)N1CCC(CC(=O)NC(=C=CO)c2ccccc2)CC1. The van der Waals surface area contributed by atoms with Gasteiger partial charge in [0.05, 0.1) is 0 Å². The van der Waals surface area contributed by atoms with Gasteiger partial charge in [0.15, 0.2) is 0 Å². The Hall–Kier alpha value is -2.46. The molecule has 0 radical (unpaired) electrons. The normalized spacial score (nSPS) is 14.7. The molecule has 0 spiro atoms. The van der Waals surface area contributed by atoms with E-state index >= 15 is 0 Å². The van der Waals surface area contributed by atoms with E-state index < -0.39 is 0 Å². The summed E-state index contributed by atoms with van der Waals surface area (Å²) in [6.07, 6.45) is 2.89. The van der Waals surface area contributed by atoms with Crippen LogP contribution in [-0.4, -0.2) is 47.4 Å². The van der Waals surface area contributed by atoms with Gasteiger partial charge in [-0.1, -0.05) is 6.07 Å². The molecule has 2 rings (SSSR count). The van der Waals surface area contributed by atoms with Crippen LogP contribution in [0.2, 0.25) is 0 Å². The van der Waals surface area contributed by atoms with Gasteiger partial charge in [0.1, 0.15) is 0 Å². The van der Waals surface area contributed by atoms with Crippen molar-refractivity contribution in [2.75, 3.05) is 13.1 Å². The number of rotatable bonds is 5. The number of piperidine rings is 1. The summed E-state index contributed by atoms with van der Waals surface area (Å²) in [6, 6.07) is 9.29. The number of carbonyl (C=O) groups is 1. The molecule has 0 unspecified atom stereocenters. The number of benzene rings is 1. The number of likely N-dealkylation sites (tertiary alicyclic amines) is 1. The molecule has 1 aliphatic rings. The van der Waals surface area contributed by atoms with Crippen LogP contribution in [0.15, 0.2) is 42.3 Å². The van der Waals surface area contributed by atoms with Crippen molar-refractivity contribution in [3.63, 3.8) is 0 Å². The number of hydrogen-bond acceptors (Lipinski definition) is 4. The molecule has 1 aliphatic heterocycles. The molecular formula is C17H21BN2O3. The van der Waals surface area contributed by atoms with Crippen molar-refractivity contribution < 1.29 is 15.0 Å². The summed E-state index contributed by atoms with van der Waals surface area (Å²) in [7, 11) is 3.52. The minimum atomic E-state index is -0.0977. The van der Waals surface area contributed by atoms with Crippen LogP contribution >= 0.6 is 0 Å². The molecule has 1 aromatic carbocycles. The van der Waals surface area contributed by atoms with E-state index in [-0.39, 0.29) is 17.6 Å². The zero-order chi connectivity index (χ0) is 16.7. The number of carbonyl (C=O) groups excluding carboxylic acids is 1. The van der Waals surface area contributed by atoms with Crippen LogP contribution in [0.4, 0.5) is 0 Å². The Morgan fingerprint density at radius 3 is 2.57 bits per heavy atom. The molecule has 0 bridgehead atoms. The summed E-state index contributed by atoms with van der Waals surface area (Å²) in [5, 5.41) is 21.1. The first kappa shape index (κ1) is 16.9. The predicted molar refractivity (Wildman–Crippen MR) is 91.7 cm³/mol. The fourth-order valence-electron chi connectivity index (χ4n) is 2.71. The van der Waals surface area contributed by atoms with Gasteiger partial charge in [-0.25, -0.2) is 0 Å². The van der Waals surface area contributed by atoms with Gasteiger partial charge in [-0.2, -0.15) is 0 Å². The molecule has 5 nitrogen and oxygen atoms in total. The van der Waals surface area contributed by atoms with Gasteiger partial charge >= 0.3 is 130 Å². The molecule has 1 heterocycles. The summed E-state index contributed by atoms with van der Waals surface area (Å²) in [5.41, 5.74) is 3.90. The van der Waals surface area contributed by atoms with E-state index in [1.54, 1.807) is 0 Å². The van der Waals surface area contributed by atoms with Crippen molar-refractivity contribution in [1.82, 2.24) is 10.2 Å². The van der Waals surface area contributed by atoms with Crippen LogP contribution < -0.4 is 5.32 Å². The van der Waals surface area contributed by atoms with E-state index in [2.05, 4.69) is 18.5 Å². The fraction of sp³-hybridized carbons (Fsp3) is 0.353. The Labute approximate surface area is 137 Å². The predicted octanol–water partition coefficient (Wildman–Crippen LogP) is 1.28. The monoisotopic (exact) mass is 312 g/mol. The van der Waals surface area contributed by atoms with Crippen LogP contribution in [0, 0.1) is 5.92 Å². The van der Waals surface area contributed by atoms with E-state index in [1.807, 2.05) is 35.2 Å². The Morgan fingerprint density at radius 2 is 2.00 bits per heavy atom. The molecule has 6 heteroatoms. The van der Waals surface area contributed by atoms with Crippen molar-refractivity contribution >= 4 is 24.9 Å². The van der Waals surface area contributed by atoms with Gasteiger partial charge in [-0.15, -0.1) is 0 Å². The number of nitrogens with zero attached hydrogens (tertiary/aromatic N) is 1. The maximum atomic E-state index is 12.2. The minimum absolute atomic E-state index is 0.0929. The molecule has 1 saturated heterocycles. The zero-order valence-corrected chi connectivity index (χ0v) is 13.0. The summed E-state index contributed by atoms with van der Waals surface area (Å²) in [4.78, 5) is 14.1. The van der Waals surface area contributed by atoms with Crippen LogP contribution in [-0.2, 0) is 4.79 Å². The second-order valence-corrected chi connectivity index (χ2v) is 5.61. The van der Waals surface area contributed by atoms with Gasteiger partial charge in [0.2, 0.25) is 0 Å². The molecule has 1 aromatic rings. The van der Waals surface area contributed by atoms with E-state index in [0.717, 1.165) is 24.7 Å². The molecule has 1 amide bonds. The molecule has 0 aromatic heterocycles. The standard InChI is InChI=1S/C17H21BN2O3/c18-17(23)20-9-6-13(7-10-20)12-16(22)19-15(8-11-21)14-4-2-1-3-5-14/h1-5,11,13,18,21,23H,6-7,9-10,12H2,(H,19,22). The Kier molecular flexibility index (Phi) is 6.06.